The van der Waals surface area contributed by atoms with Gasteiger partial charge in [0.2, 0.25) is 0 Å². The number of carboxylic acid groups (broad SMARTS) is 1. The van der Waals surface area contributed by atoms with E-state index in [1.807, 2.05) is 17.8 Å². The molecule has 0 amide bonds. The van der Waals surface area contributed by atoms with Gasteiger partial charge in [-0.15, -0.1) is 23.5 Å². The van der Waals surface area contributed by atoms with Gasteiger partial charge in [0.15, 0.2) is 0 Å². The number of benzene rings is 1. The third-order valence-corrected chi connectivity index (χ3v) is 6.07. The Balaban J connectivity index is 2.29. The van der Waals surface area contributed by atoms with Crippen LogP contribution < -0.4 is 4.74 Å². The van der Waals surface area contributed by atoms with E-state index in [9.17, 15) is 9.90 Å². The van der Waals surface area contributed by atoms with Gasteiger partial charge in [0.1, 0.15) is 5.75 Å². The Hall–Kier alpha value is -0.810. The number of hydrogen-bond donors (Lipinski definition) is 1. The van der Waals surface area contributed by atoms with Gasteiger partial charge in [-0.3, -0.25) is 4.79 Å². The van der Waals surface area contributed by atoms with E-state index in [1.165, 1.54) is 24.2 Å². The molecule has 0 radical (unpaired) electrons. The van der Waals surface area contributed by atoms with Crippen LogP contribution >= 0.6 is 23.5 Å². The van der Waals surface area contributed by atoms with Crippen molar-refractivity contribution in [2.45, 2.75) is 61.7 Å². The highest BCUT2D eigenvalue weighted by molar-refractivity contribution is 8.00. The molecule has 0 spiro atoms. The molecule has 3 nitrogen and oxygen atoms in total. The molecule has 0 saturated carbocycles. The fourth-order valence-electron chi connectivity index (χ4n) is 2.55. The first-order chi connectivity index (χ1) is 11.2. The minimum absolute atomic E-state index is 0.434. The zero-order valence-electron chi connectivity index (χ0n) is 14.0. The molecule has 1 unspecified atom stereocenters. The zero-order valence-corrected chi connectivity index (χ0v) is 15.6. The van der Waals surface area contributed by atoms with Crippen molar-refractivity contribution in [3.63, 3.8) is 0 Å². The lowest BCUT2D eigenvalue weighted by molar-refractivity contribution is -0.139. The third-order valence-electron chi connectivity index (χ3n) is 3.91. The Kier molecular flexibility index (Phi) is 7.63. The highest BCUT2D eigenvalue weighted by atomic mass is 32.2. The second-order valence-corrected chi connectivity index (χ2v) is 8.08. The number of fused-ring (bicyclic) bond motifs is 1. The van der Waals surface area contributed by atoms with Gasteiger partial charge >= 0.3 is 5.97 Å². The molecule has 1 heterocycles. The van der Waals surface area contributed by atoms with Gasteiger partial charge in [0.05, 0.1) is 17.4 Å². The minimum atomic E-state index is -0.741. The van der Waals surface area contributed by atoms with Gasteiger partial charge in [0, 0.05) is 10.5 Å². The summed E-state index contributed by atoms with van der Waals surface area (Å²) in [5, 5.41) is 9.53. The van der Waals surface area contributed by atoms with E-state index in [2.05, 4.69) is 19.9 Å². The smallest absolute Gasteiger partial charge is 0.311 e. The van der Waals surface area contributed by atoms with Gasteiger partial charge in [-0.25, -0.2) is 0 Å². The number of unbranched alkanes of at least 4 members (excludes halogenated alkanes) is 2. The maximum atomic E-state index is 11.6. The lowest BCUT2D eigenvalue weighted by Crippen LogP contribution is -2.21. The van der Waals surface area contributed by atoms with E-state index in [0.29, 0.717) is 13.0 Å². The summed E-state index contributed by atoms with van der Waals surface area (Å²) in [6.07, 6.45) is 5.24. The van der Waals surface area contributed by atoms with Gasteiger partial charge in [-0.1, -0.05) is 26.7 Å². The van der Waals surface area contributed by atoms with Gasteiger partial charge in [-0.05, 0) is 42.9 Å². The highest BCUT2D eigenvalue weighted by Crippen LogP contribution is 2.44. The number of rotatable bonds is 9. The first-order valence-corrected chi connectivity index (χ1v) is 10.4. The van der Waals surface area contributed by atoms with E-state index in [-0.39, 0.29) is 0 Å². The number of hydrogen-bond acceptors (Lipinski definition) is 4. The summed E-state index contributed by atoms with van der Waals surface area (Å²) in [7, 11) is 0. The second-order valence-electron chi connectivity index (χ2n) is 5.77. The van der Waals surface area contributed by atoms with Crippen LogP contribution in [0.2, 0.25) is 0 Å². The van der Waals surface area contributed by atoms with Gasteiger partial charge < -0.3 is 9.84 Å². The molecule has 23 heavy (non-hydrogen) atoms. The topological polar surface area (TPSA) is 46.5 Å². The van der Waals surface area contributed by atoms with Crippen molar-refractivity contribution in [1.82, 2.24) is 0 Å². The Morgan fingerprint density at radius 3 is 2.57 bits per heavy atom. The van der Waals surface area contributed by atoms with Crippen molar-refractivity contribution in [3.8, 4) is 5.75 Å². The summed E-state index contributed by atoms with van der Waals surface area (Å²) >= 11 is 3.62. The fourth-order valence-corrected chi connectivity index (χ4v) is 4.88. The summed E-state index contributed by atoms with van der Waals surface area (Å²) in [4.78, 5) is 13.9. The molecule has 0 fully saturated rings. The molecule has 128 valence electrons. The summed E-state index contributed by atoms with van der Waals surface area (Å²) in [6.45, 7) is 4.87. The Bertz CT molecular complexity index is 531. The largest absolute Gasteiger partial charge is 0.492 e. The molecule has 1 atom stereocenters. The average molecular weight is 355 g/mol. The first-order valence-electron chi connectivity index (χ1n) is 8.46. The van der Waals surface area contributed by atoms with Crippen molar-refractivity contribution in [3.05, 3.63) is 17.7 Å². The van der Waals surface area contributed by atoms with Crippen LogP contribution in [0.3, 0.4) is 0 Å². The molecule has 1 aliphatic rings. The predicted molar refractivity (Wildman–Crippen MR) is 98.2 cm³/mol. The van der Waals surface area contributed by atoms with Crippen molar-refractivity contribution < 1.29 is 14.6 Å². The van der Waals surface area contributed by atoms with Crippen LogP contribution in [0, 0.1) is 0 Å². The molecule has 5 heteroatoms. The van der Waals surface area contributed by atoms with Crippen LogP contribution in [0.25, 0.3) is 0 Å². The van der Waals surface area contributed by atoms with Gasteiger partial charge in [0.25, 0.3) is 0 Å². The van der Waals surface area contributed by atoms with Crippen molar-refractivity contribution >= 4 is 29.5 Å². The van der Waals surface area contributed by atoms with Crippen LogP contribution in [-0.2, 0) is 4.79 Å². The average Bonchev–Trinajstić information content (AvgIpc) is 2.54. The second kappa shape index (κ2) is 9.48. The summed E-state index contributed by atoms with van der Waals surface area (Å²) in [5.41, 5.74) is 0.865. The molecule has 1 aromatic carbocycles. The van der Waals surface area contributed by atoms with Crippen LogP contribution in [0.1, 0.15) is 57.4 Å². The number of thioether (sulfide) groups is 2. The molecule has 0 saturated heterocycles. The minimum Gasteiger partial charge on any atom is -0.492 e. The van der Waals surface area contributed by atoms with Crippen molar-refractivity contribution in [1.29, 1.82) is 0 Å². The molecule has 0 bridgehead atoms. The van der Waals surface area contributed by atoms with Crippen LogP contribution in [0.15, 0.2) is 21.9 Å². The van der Waals surface area contributed by atoms with E-state index in [0.717, 1.165) is 34.1 Å². The quantitative estimate of drug-likeness (QED) is 0.474. The summed E-state index contributed by atoms with van der Waals surface area (Å²) in [5.74, 6) is 1.76. The lowest BCUT2D eigenvalue weighted by atomic mass is 9.93. The van der Waals surface area contributed by atoms with Crippen LogP contribution in [0.5, 0.6) is 5.75 Å². The van der Waals surface area contributed by atoms with E-state index in [1.54, 1.807) is 11.8 Å². The predicted octanol–water partition coefficient (Wildman–Crippen LogP) is 5.42. The van der Waals surface area contributed by atoms with Crippen LogP contribution in [0.4, 0.5) is 0 Å². The maximum absolute atomic E-state index is 11.6. The third kappa shape index (κ3) is 5.08. The normalized spacial score (nSPS) is 16.7. The van der Waals surface area contributed by atoms with Crippen molar-refractivity contribution in [2.75, 3.05) is 18.1 Å². The number of aliphatic carboxylic acids is 1. The SMILES string of the molecule is CCCCSc1cc(SCCCC)c2c(c1)C(C(=O)O)CCO2. The maximum Gasteiger partial charge on any atom is 0.311 e. The van der Waals surface area contributed by atoms with Crippen LogP contribution in [-0.4, -0.2) is 29.2 Å². The van der Waals surface area contributed by atoms with E-state index in [4.69, 9.17) is 4.74 Å². The number of carboxylic acids is 1. The van der Waals surface area contributed by atoms with Gasteiger partial charge in [-0.2, -0.15) is 0 Å². The van der Waals surface area contributed by atoms with E-state index >= 15 is 0 Å². The number of ether oxygens (including phenoxy) is 1. The molecule has 1 aromatic rings. The molecule has 1 N–H and O–H groups in total. The highest BCUT2D eigenvalue weighted by Gasteiger charge is 2.30. The first kappa shape index (κ1) is 18.5. The molecule has 1 aliphatic heterocycles. The molecule has 0 aliphatic carbocycles. The Morgan fingerprint density at radius 2 is 1.91 bits per heavy atom. The molecular weight excluding hydrogens is 328 g/mol. The Labute approximate surface area is 147 Å². The molecule has 2 rings (SSSR count). The van der Waals surface area contributed by atoms with Crippen molar-refractivity contribution in [2.24, 2.45) is 0 Å². The summed E-state index contributed by atoms with van der Waals surface area (Å²) in [6, 6.07) is 4.22. The van der Waals surface area contributed by atoms with E-state index < -0.39 is 11.9 Å². The summed E-state index contributed by atoms with van der Waals surface area (Å²) < 4.78 is 5.85. The molecule has 0 aromatic heterocycles. The molecular formula is C18H26O3S2. The standard InChI is InChI=1S/C18H26O3S2/c1-3-5-9-22-13-11-15-14(18(19)20)7-8-21-17(15)16(12-13)23-10-6-4-2/h11-12,14H,3-10H2,1-2H3,(H,19,20). The lowest BCUT2D eigenvalue weighted by Gasteiger charge is -2.26. The number of carbonyl (C=O) groups is 1. The fraction of sp³-hybridized carbons (Fsp3) is 0.611. The Morgan fingerprint density at radius 1 is 1.22 bits per heavy atom. The monoisotopic (exact) mass is 354 g/mol. The zero-order chi connectivity index (χ0) is 16.7.